The number of ether oxygens (including phenoxy) is 2. The van der Waals surface area contributed by atoms with Gasteiger partial charge in [0.25, 0.3) is 5.56 Å². The third kappa shape index (κ3) is 4.91. The molecule has 3 aromatic carbocycles. The van der Waals surface area contributed by atoms with E-state index in [0.29, 0.717) is 51.4 Å². The Morgan fingerprint density at radius 2 is 1.84 bits per heavy atom. The van der Waals surface area contributed by atoms with Crippen molar-refractivity contribution < 1.29 is 9.47 Å². The van der Waals surface area contributed by atoms with Crippen LogP contribution < -0.4 is 15.0 Å². The summed E-state index contributed by atoms with van der Waals surface area (Å²) in [5.74, 6) is 1.83. The van der Waals surface area contributed by atoms with Gasteiger partial charge in [-0.3, -0.25) is 9.20 Å². The van der Waals surface area contributed by atoms with Gasteiger partial charge in [-0.25, -0.2) is 4.98 Å². The highest BCUT2D eigenvalue weighted by Gasteiger charge is 2.17. The molecule has 38 heavy (non-hydrogen) atoms. The van der Waals surface area contributed by atoms with E-state index in [1.165, 1.54) is 11.3 Å². The number of hydrogen-bond donors (Lipinski definition) is 0. The second kappa shape index (κ2) is 10.9. The Bertz CT molecular complexity index is 1740. The third-order valence-corrected chi connectivity index (χ3v) is 7.30. The highest BCUT2D eigenvalue weighted by Crippen LogP contribution is 2.34. The number of fused-ring (bicyclic) bond motifs is 3. The largest absolute Gasteiger partial charge is 0.493 e. The Morgan fingerprint density at radius 1 is 1.05 bits per heavy atom. The molecule has 0 aliphatic carbocycles. The minimum atomic E-state index is -0.157. The number of nitrogens with zero attached hydrogens (tertiary/aromatic N) is 3. The van der Waals surface area contributed by atoms with Crippen LogP contribution in [0, 0.1) is 17.2 Å². The van der Waals surface area contributed by atoms with Gasteiger partial charge in [-0.2, -0.15) is 5.26 Å². The molecular weight excluding hydrogens is 494 g/mol. The van der Waals surface area contributed by atoms with Crippen molar-refractivity contribution in [3.05, 3.63) is 93.9 Å². The molecule has 0 fully saturated rings. The van der Waals surface area contributed by atoms with Crippen LogP contribution in [0.15, 0.2) is 71.5 Å². The minimum Gasteiger partial charge on any atom is -0.493 e. The summed E-state index contributed by atoms with van der Waals surface area (Å²) in [6.07, 6.45) is 4.68. The standard InChI is InChI=1S/C31H27N3O3S/c1-20(2)17-18-37-29-23(7-6-9-26(29)36-3)15-16-24-28(22-13-11-21(19-32)12-14-22)30(35)34-25-8-4-5-10-27(25)38-31(34)33-24/h4-16,20H,17-18H2,1-3H3/b16-15+. The number of benzene rings is 3. The van der Waals surface area contributed by atoms with Crippen molar-refractivity contribution in [2.45, 2.75) is 20.3 Å². The van der Waals surface area contributed by atoms with E-state index >= 15 is 0 Å². The van der Waals surface area contributed by atoms with Crippen molar-refractivity contribution in [3.63, 3.8) is 0 Å². The van der Waals surface area contributed by atoms with Gasteiger partial charge < -0.3 is 9.47 Å². The van der Waals surface area contributed by atoms with Gasteiger partial charge in [-0.15, -0.1) is 0 Å². The average molecular weight is 522 g/mol. The second-order valence-electron chi connectivity index (χ2n) is 9.30. The van der Waals surface area contributed by atoms with Gasteiger partial charge in [0.1, 0.15) is 0 Å². The fourth-order valence-corrected chi connectivity index (χ4v) is 5.30. The van der Waals surface area contributed by atoms with E-state index < -0.39 is 0 Å². The van der Waals surface area contributed by atoms with Gasteiger partial charge in [0.05, 0.1) is 46.8 Å². The molecule has 0 radical (unpaired) electrons. The SMILES string of the molecule is COc1cccc(/C=C/c2nc3sc4ccccc4n3c(=O)c2-c2ccc(C#N)cc2)c1OCCC(C)C. The van der Waals surface area contributed by atoms with E-state index in [1.807, 2.05) is 54.6 Å². The van der Waals surface area contributed by atoms with Crippen LogP contribution in [0.4, 0.5) is 0 Å². The first-order chi connectivity index (χ1) is 18.5. The summed E-state index contributed by atoms with van der Waals surface area (Å²) < 4.78 is 14.4. The van der Waals surface area contributed by atoms with Gasteiger partial charge in [0.2, 0.25) is 0 Å². The van der Waals surface area contributed by atoms with Crippen molar-refractivity contribution in [2.75, 3.05) is 13.7 Å². The maximum atomic E-state index is 13.9. The molecule has 0 atom stereocenters. The minimum absolute atomic E-state index is 0.157. The summed E-state index contributed by atoms with van der Waals surface area (Å²) >= 11 is 1.47. The first-order valence-electron chi connectivity index (χ1n) is 12.4. The zero-order valence-electron chi connectivity index (χ0n) is 21.5. The summed E-state index contributed by atoms with van der Waals surface area (Å²) in [6, 6.07) is 22.7. The van der Waals surface area contributed by atoms with Gasteiger partial charge in [-0.05, 0) is 60.4 Å². The van der Waals surface area contributed by atoms with Crippen molar-refractivity contribution in [3.8, 4) is 28.7 Å². The molecule has 190 valence electrons. The maximum Gasteiger partial charge on any atom is 0.267 e. The molecule has 6 nitrogen and oxygen atoms in total. The maximum absolute atomic E-state index is 13.9. The highest BCUT2D eigenvalue weighted by atomic mass is 32.1. The number of methoxy groups -OCH3 is 1. The zero-order valence-corrected chi connectivity index (χ0v) is 22.3. The summed E-state index contributed by atoms with van der Waals surface area (Å²) in [4.78, 5) is 19.5. The Morgan fingerprint density at radius 3 is 2.58 bits per heavy atom. The van der Waals surface area contributed by atoms with E-state index in [9.17, 15) is 10.1 Å². The first-order valence-corrected chi connectivity index (χ1v) is 13.2. The van der Waals surface area contributed by atoms with Crippen LogP contribution >= 0.6 is 11.3 Å². The number of para-hydroxylation sites is 2. The Kier molecular flexibility index (Phi) is 7.25. The van der Waals surface area contributed by atoms with Crippen LogP contribution in [0.5, 0.6) is 11.5 Å². The predicted molar refractivity (Wildman–Crippen MR) is 154 cm³/mol. The highest BCUT2D eigenvalue weighted by molar-refractivity contribution is 7.23. The van der Waals surface area contributed by atoms with E-state index in [-0.39, 0.29) is 5.56 Å². The third-order valence-electron chi connectivity index (χ3n) is 6.28. The van der Waals surface area contributed by atoms with Crippen molar-refractivity contribution in [1.82, 2.24) is 9.38 Å². The zero-order chi connectivity index (χ0) is 26.6. The smallest absolute Gasteiger partial charge is 0.267 e. The fourth-order valence-electron chi connectivity index (χ4n) is 4.27. The number of thiazole rings is 1. The summed E-state index contributed by atoms with van der Waals surface area (Å²) in [5.41, 5.74) is 3.74. The second-order valence-corrected chi connectivity index (χ2v) is 10.3. The summed E-state index contributed by atoms with van der Waals surface area (Å²) in [5, 5.41) is 9.25. The molecule has 0 spiro atoms. The molecule has 0 saturated heterocycles. The average Bonchev–Trinajstić information content (AvgIpc) is 3.31. The van der Waals surface area contributed by atoms with Crippen LogP contribution in [-0.2, 0) is 0 Å². The molecule has 0 unspecified atom stereocenters. The topological polar surface area (TPSA) is 76.6 Å². The van der Waals surface area contributed by atoms with Crippen LogP contribution in [0.1, 0.15) is 37.1 Å². The van der Waals surface area contributed by atoms with E-state index in [1.54, 1.807) is 35.8 Å². The molecule has 0 amide bonds. The predicted octanol–water partition coefficient (Wildman–Crippen LogP) is 7.05. The van der Waals surface area contributed by atoms with Crippen LogP contribution in [-0.4, -0.2) is 23.1 Å². The van der Waals surface area contributed by atoms with E-state index in [2.05, 4.69) is 19.9 Å². The molecule has 0 saturated carbocycles. The lowest BCUT2D eigenvalue weighted by Crippen LogP contribution is -2.17. The lowest BCUT2D eigenvalue weighted by molar-refractivity contribution is 0.272. The fraction of sp³-hybridized carbons (Fsp3) is 0.194. The lowest BCUT2D eigenvalue weighted by atomic mass is 10.0. The first kappa shape index (κ1) is 25.2. The van der Waals surface area contributed by atoms with Crippen LogP contribution in [0.3, 0.4) is 0 Å². The molecular formula is C31H27N3O3S. The number of nitriles is 1. The summed E-state index contributed by atoms with van der Waals surface area (Å²) in [6.45, 7) is 4.89. The molecule has 2 aromatic heterocycles. The molecule has 7 heteroatoms. The molecule has 2 heterocycles. The van der Waals surface area contributed by atoms with Gasteiger partial charge in [0.15, 0.2) is 16.5 Å². The Balaban J connectivity index is 1.67. The molecule has 0 N–H and O–H groups in total. The number of aromatic nitrogens is 2. The van der Waals surface area contributed by atoms with E-state index in [0.717, 1.165) is 22.2 Å². The van der Waals surface area contributed by atoms with Gasteiger partial charge in [-0.1, -0.05) is 61.6 Å². The lowest BCUT2D eigenvalue weighted by Gasteiger charge is -2.14. The Labute approximate surface area is 225 Å². The molecule has 0 bridgehead atoms. The van der Waals surface area contributed by atoms with Crippen molar-refractivity contribution in [1.29, 1.82) is 5.26 Å². The molecule has 0 aliphatic heterocycles. The van der Waals surface area contributed by atoms with Gasteiger partial charge >= 0.3 is 0 Å². The normalized spacial score (nSPS) is 11.4. The quantitative estimate of drug-likeness (QED) is 0.219. The van der Waals surface area contributed by atoms with E-state index in [4.69, 9.17) is 14.5 Å². The molecule has 5 rings (SSSR count). The van der Waals surface area contributed by atoms with Crippen molar-refractivity contribution >= 4 is 38.7 Å². The monoisotopic (exact) mass is 521 g/mol. The van der Waals surface area contributed by atoms with Gasteiger partial charge in [0, 0.05) is 5.56 Å². The molecule has 0 aliphatic rings. The number of rotatable bonds is 8. The molecule has 5 aromatic rings. The van der Waals surface area contributed by atoms with Crippen LogP contribution in [0.2, 0.25) is 0 Å². The summed E-state index contributed by atoms with van der Waals surface area (Å²) in [7, 11) is 1.62. The van der Waals surface area contributed by atoms with Crippen molar-refractivity contribution in [2.24, 2.45) is 5.92 Å². The Hall–Kier alpha value is -4.41. The number of hydrogen-bond acceptors (Lipinski definition) is 6. The van der Waals surface area contributed by atoms with Crippen LogP contribution in [0.25, 0.3) is 38.5 Å².